The topological polar surface area (TPSA) is 38.3 Å². The van der Waals surface area contributed by atoms with E-state index in [1.165, 1.54) is 0 Å². The highest BCUT2D eigenvalue weighted by molar-refractivity contribution is 6.31. The predicted octanol–water partition coefficient (Wildman–Crippen LogP) is 3.19. The van der Waals surface area contributed by atoms with E-state index < -0.39 is 6.10 Å². The third-order valence-corrected chi connectivity index (χ3v) is 2.88. The molecule has 1 aromatic rings. The van der Waals surface area contributed by atoms with Crippen molar-refractivity contribution in [3.8, 4) is 5.75 Å². The van der Waals surface area contributed by atoms with Crippen LogP contribution in [0.25, 0.3) is 0 Å². The van der Waals surface area contributed by atoms with Crippen LogP contribution in [0.15, 0.2) is 18.2 Å². The van der Waals surface area contributed by atoms with E-state index in [2.05, 4.69) is 5.32 Å². The quantitative estimate of drug-likeness (QED) is 0.891. The Morgan fingerprint density at radius 1 is 1.39 bits per heavy atom. The van der Waals surface area contributed by atoms with Crippen molar-refractivity contribution in [1.29, 1.82) is 0 Å². The highest BCUT2D eigenvalue weighted by atomic mass is 35.5. The Labute approximate surface area is 113 Å². The molecule has 0 heterocycles. The largest absolute Gasteiger partial charge is 0.481 e. The Bertz CT molecular complexity index is 418. The molecule has 1 unspecified atom stereocenters. The monoisotopic (exact) mass is 269 g/mol. The van der Waals surface area contributed by atoms with Gasteiger partial charge in [-0.25, -0.2) is 0 Å². The summed E-state index contributed by atoms with van der Waals surface area (Å²) in [7, 11) is 0. The normalized spacial score (nSPS) is 12.3. The molecule has 0 aliphatic carbocycles. The Morgan fingerprint density at radius 3 is 2.61 bits per heavy atom. The highest BCUT2D eigenvalue weighted by Gasteiger charge is 2.15. The van der Waals surface area contributed by atoms with Gasteiger partial charge in [-0.05, 0) is 51.0 Å². The molecule has 0 radical (unpaired) electrons. The van der Waals surface area contributed by atoms with Crippen LogP contribution in [-0.4, -0.2) is 18.1 Å². The molecular weight excluding hydrogens is 250 g/mol. The molecule has 0 aromatic heterocycles. The molecule has 1 rings (SSSR count). The molecule has 0 saturated heterocycles. The van der Waals surface area contributed by atoms with E-state index in [9.17, 15) is 4.79 Å². The summed E-state index contributed by atoms with van der Waals surface area (Å²) in [6, 6.07) is 5.56. The highest BCUT2D eigenvalue weighted by Crippen LogP contribution is 2.23. The second kappa shape index (κ2) is 6.64. The molecule has 18 heavy (non-hydrogen) atoms. The number of rotatable bonds is 5. The van der Waals surface area contributed by atoms with Crippen LogP contribution in [0.2, 0.25) is 5.02 Å². The van der Waals surface area contributed by atoms with Gasteiger partial charge in [0.1, 0.15) is 5.75 Å². The number of carbonyl (C=O) groups excluding carboxylic acids is 1. The first-order valence-corrected chi connectivity index (χ1v) is 6.57. The molecule has 4 heteroatoms. The molecule has 0 spiro atoms. The average molecular weight is 270 g/mol. The number of aryl methyl sites for hydroxylation is 1. The molecule has 1 aromatic carbocycles. The predicted molar refractivity (Wildman–Crippen MR) is 74.2 cm³/mol. The SMILES string of the molecule is CCc1cc(OC(C)C(=O)NC(C)C)ccc1Cl. The first-order valence-electron chi connectivity index (χ1n) is 6.19. The van der Waals surface area contributed by atoms with Crippen LogP contribution in [0.4, 0.5) is 0 Å². The van der Waals surface area contributed by atoms with Crippen molar-refractivity contribution in [2.75, 3.05) is 0 Å². The molecule has 1 amide bonds. The van der Waals surface area contributed by atoms with Gasteiger partial charge in [0.15, 0.2) is 6.10 Å². The Kier molecular flexibility index (Phi) is 5.48. The summed E-state index contributed by atoms with van der Waals surface area (Å²) < 4.78 is 5.60. The fraction of sp³-hybridized carbons (Fsp3) is 0.500. The minimum atomic E-state index is -0.515. The summed E-state index contributed by atoms with van der Waals surface area (Å²) in [4.78, 5) is 11.7. The maximum absolute atomic E-state index is 11.7. The van der Waals surface area contributed by atoms with Crippen LogP contribution in [0.1, 0.15) is 33.3 Å². The van der Waals surface area contributed by atoms with Crippen molar-refractivity contribution in [3.05, 3.63) is 28.8 Å². The van der Waals surface area contributed by atoms with Crippen molar-refractivity contribution in [2.24, 2.45) is 0 Å². The van der Waals surface area contributed by atoms with Gasteiger partial charge < -0.3 is 10.1 Å². The third kappa shape index (κ3) is 4.22. The molecule has 1 N–H and O–H groups in total. The van der Waals surface area contributed by atoms with E-state index in [4.69, 9.17) is 16.3 Å². The lowest BCUT2D eigenvalue weighted by Gasteiger charge is -2.17. The van der Waals surface area contributed by atoms with Crippen LogP contribution in [0.3, 0.4) is 0 Å². The van der Waals surface area contributed by atoms with Crippen molar-refractivity contribution >= 4 is 17.5 Å². The zero-order valence-electron chi connectivity index (χ0n) is 11.3. The Morgan fingerprint density at radius 2 is 2.06 bits per heavy atom. The van der Waals surface area contributed by atoms with E-state index in [0.717, 1.165) is 17.0 Å². The molecule has 0 fully saturated rings. The van der Waals surface area contributed by atoms with Crippen LogP contribution in [0, 0.1) is 0 Å². The molecule has 0 aliphatic rings. The summed E-state index contributed by atoms with van der Waals surface area (Å²) in [6.45, 7) is 7.60. The van der Waals surface area contributed by atoms with Crippen LogP contribution in [0.5, 0.6) is 5.75 Å². The maximum atomic E-state index is 11.7. The zero-order chi connectivity index (χ0) is 13.7. The number of carbonyl (C=O) groups is 1. The lowest BCUT2D eigenvalue weighted by atomic mass is 10.1. The third-order valence-electron chi connectivity index (χ3n) is 2.51. The lowest BCUT2D eigenvalue weighted by molar-refractivity contribution is -0.127. The first-order chi connectivity index (χ1) is 8.43. The van der Waals surface area contributed by atoms with Crippen molar-refractivity contribution in [3.63, 3.8) is 0 Å². The minimum Gasteiger partial charge on any atom is -0.481 e. The van der Waals surface area contributed by atoms with Crippen molar-refractivity contribution in [2.45, 2.75) is 46.3 Å². The van der Waals surface area contributed by atoms with Gasteiger partial charge in [0, 0.05) is 11.1 Å². The number of amides is 1. The van der Waals surface area contributed by atoms with Gasteiger partial charge in [0.05, 0.1) is 0 Å². The molecule has 1 atom stereocenters. The van der Waals surface area contributed by atoms with Crippen molar-refractivity contribution in [1.82, 2.24) is 5.32 Å². The second-order valence-electron chi connectivity index (χ2n) is 4.53. The standard InChI is InChI=1S/C14H20ClNO2/c1-5-11-8-12(6-7-13(11)15)18-10(4)14(17)16-9(2)3/h6-10H,5H2,1-4H3,(H,16,17). The van der Waals surface area contributed by atoms with Crippen LogP contribution >= 0.6 is 11.6 Å². The van der Waals surface area contributed by atoms with Crippen LogP contribution < -0.4 is 10.1 Å². The first kappa shape index (κ1) is 14.8. The molecule has 0 bridgehead atoms. The van der Waals surface area contributed by atoms with Gasteiger partial charge in [-0.1, -0.05) is 18.5 Å². The van der Waals surface area contributed by atoms with Crippen LogP contribution in [-0.2, 0) is 11.2 Å². The van der Waals surface area contributed by atoms with Gasteiger partial charge >= 0.3 is 0 Å². The Hall–Kier alpha value is -1.22. The van der Waals surface area contributed by atoms with Gasteiger partial charge in [-0.3, -0.25) is 4.79 Å². The minimum absolute atomic E-state index is 0.111. The summed E-state index contributed by atoms with van der Waals surface area (Å²) in [5.41, 5.74) is 1.02. The summed E-state index contributed by atoms with van der Waals surface area (Å²) in [5.74, 6) is 0.556. The fourth-order valence-corrected chi connectivity index (χ4v) is 1.81. The number of ether oxygens (including phenoxy) is 1. The van der Waals surface area contributed by atoms with E-state index in [1.54, 1.807) is 19.1 Å². The summed E-state index contributed by atoms with van der Waals surface area (Å²) in [6.07, 6.45) is 0.320. The van der Waals surface area contributed by atoms with Gasteiger partial charge in [0.25, 0.3) is 5.91 Å². The molecule has 0 saturated carbocycles. The second-order valence-corrected chi connectivity index (χ2v) is 4.94. The van der Waals surface area contributed by atoms with E-state index in [0.29, 0.717) is 5.75 Å². The zero-order valence-corrected chi connectivity index (χ0v) is 12.0. The van der Waals surface area contributed by atoms with Gasteiger partial charge in [0.2, 0.25) is 0 Å². The number of hydrogen-bond acceptors (Lipinski definition) is 2. The molecule has 100 valence electrons. The maximum Gasteiger partial charge on any atom is 0.260 e. The molecular formula is C14H20ClNO2. The summed E-state index contributed by atoms with van der Waals surface area (Å²) >= 11 is 6.03. The van der Waals surface area contributed by atoms with E-state index in [-0.39, 0.29) is 11.9 Å². The molecule has 3 nitrogen and oxygen atoms in total. The number of benzene rings is 1. The summed E-state index contributed by atoms with van der Waals surface area (Å²) in [5, 5.41) is 3.54. The van der Waals surface area contributed by atoms with Gasteiger partial charge in [-0.15, -0.1) is 0 Å². The smallest absolute Gasteiger partial charge is 0.260 e. The number of nitrogens with one attached hydrogen (secondary N) is 1. The fourth-order valence-electron chi connectivity index (χ4n) is 1.55. The molecule has 0 aliphatic heterocycles. The number of hydrogen-bond donors (Lipinski definition) is 1. The number of halogens is 1. The van der Waals surface area contributed by atoms with E-state index >= 15 is 0 Å². The van der Waals surface area contributed by atoms with E-state index in [1.807, 2.05) is 26.8 Å². The Balaban J connectivity index is 2.69. The lowest BCUT2D eigenvalue weighted by Crippen LogP contribution is -2.40. The van der Waals surface area contributed by atoms with Crippen molar-refractivity contribution < 1.29 is 9.53 Å². The van der Waals surface area contributed by atoms with Gasteiger partial charge in [-0.2, -0.15) is 0 Å². The average Bonchev–Trinajstić information content (AvgIpc) is 2.30.